The maximum absolute atomic E-state index is 5.63. The molecule has 0 heterocycles. The van der Waals surface area contributed by atoms with E-state index in [1.165, 1.54) is 0 Å². The largest absolute Gasteiger partial charge is 0.480 e. The molecule has 0 aliphatic rings. The van der Waals surface area contributed by atoms with Gasteiger partial charge in [0.15, 0.2) is 0 Å². The van der Waals surface area contributed by atoms with Crippen LogP contribution in [0.5, 0.6) is 5.75 Å². The van der Waals surface area contributed by atoms with Crippen molar-refractivity contribution in [2.75, 3.05) is 0 Å². The van der Waals surface area contributed by atoms with E-state index in [1.54, 1.807) is 0 Å². The van der Waals surface area contributed by atoms with Crippen LogP contribution < -0.4 is 4.74 Å². The lowest BCUT2D eigenvalue weighted by Gasteiger charge is -2.12. The Balaban J connectivity index is 2.98. The van der Waals surface area contributed by atoms with Gasteiger partial charge in [-0.05, 0) is 48.1 Å². The van der Waals surface area contributed by atoms with Crippen molar-refractivity contribution < 1.29 is 4.74 Å². The van der Waals surface area contributed by atoms with Gasteiger partial charge in [0.05, 0.1) is 0 Å². The fourth-order valence-electron chi connectivity index (χ4n) is 1.10. The van der Waals surface area contributed by atoms with Gasteiger partial charge < -0.3 is 4.74 Å². The first kappa shape index (κ1) is 10.6. The third kappa shape index (κ3) is 3.03. The molecule has 0 fully saturated rings. The summed E-state index contributed by atoms with van der Waals surface area (Å²) in [5.74, 6) is 0.914. The Kier molecular flexibility index (Phi) is 3.78. The standard InChI is InChI=1S/C11H13IO/c1-8(2)10-6-4-5-7-11(10)13-9(3)12/h4-7,9H,1H2,2-3H3. The Morgan fingerprint density at radius 2 is 2.08 bits per heavy atom. The Bertz CT molecular complexity index is 305. The van der Waals surface area contributed by atoms with Crippen LogP contribution in [0.2, 0.25) is 0 Å². The molecule has 70 valence electrons. The zero-order valence-electron chi connectivity index (χ0n) is 7.88. The van der Waals surface area contributed by atoms with Crippen molar-refractivity contribution in [2.24, 2.45) is 0 Å². The molecule has 0 aliphatic heterocycles. The molecule has 0 saturated carbocycles. The number of para-hydroxylation sites is 1. The van der Waals surface area contributed by atoms with E-state index in [0.717, 1.165) is 16.9 Å². The van der Waals surface area contributed by atoms with Crippen LogP contribution in [0.15, 0.2) is 30.8 Å². The summed E-state index contributed by atoms with van der Waals surface area (Å²) >= 11 is 2.23. The lowest BCUT2D eigenvalue weighted by molar-refractivity contribution is 0.321. The molecule has 13 heavy (non-hydrogen) atoms. The third-order valence-electron chi connectivity index (χ3n) is 1.64. The van der Waals surface area contributed by atoms with Crippen LogP contribution in [0.4, 0.5) is 0 Å². The highest BCUT2D eigenvalue weighted by molar-refractivity contribution is 14.1. The predicted molar refractivity (Wildman–Crippen MR) is 65.3 cm³/mol. The second-order valence-corrected chi connectivity index (χ2v) is 4.69. The molecule has 0 bridgehead atoms. The fourth-order valence-corrected chi connectivity index (χ4v) is 1.37. The summed E-state index contributed by atoms with van der Waals surface area (Å²) in [4.78, 5) is 0. The minimum absolute atomic E-state index is 0.179. The summed E-state index contributed by atoms with van der Waals surface area (Å²) in [6.07, 6.45) is 0. The zero-order valence-corrected chi connectivity index (χ0v) is 10.0. The van der Waals surface area contributed by atoms with E-state index in [1.807, 2.05) is 38.1 Å². The molecule has 1 rings (SSSR count). The number of alkyl halides is 1. The summed E-state index contributed by atoms with van der Waals surface area (Å²) in [7, 11) is 0. The summed E-state index contributed by atoms with van der Waals surface area (Å²) in [6, 6.07) is 7.96. The van der Waals surface area contributed by atoms with E-state index >= 15 is 0 Å². The SMILES string of the molecule is C=C(C)c1ccccc1OC(C)I. The molecule has 2 heteroatoms. The topological polar surface area (TPSA) is 9.23 Å². The monoisotopic (exact) mass is 288 g/mol. The average Bonchev–Trinajstić information content (AvgIpc) is 2.03. The van der Waals surface area contributed by atoms with Crippen molar-refractivity contribution in [1.82, 2.24) is 0 Å². The first-order valence-corrected chi connectivity index (χ1v) is 5.41. The van der Waals surface area contributed by atoms with Gasteiger partial charge in [-0.2, -0.15) is 0 Å². The van der Waals surface area contributed by atoms with Crippen LogP contribution in [0.1, 0.15) is 19.4 Å². The third-order valence-corrected chi connectivity index (χ3v) is 1.89. The average molecular weight is 288 g/mol. The normalized spacial score (nSPS) is 12.2. The van der Waals surface area contributed by atoms with Crippen LogP contribution in [0.3, 0.4) is 0 Å². The molecule has 1 unspecified atom stereocenters. The van der Waals surface area contributed by atoms with Crippen molar-refractivity contribution in [2.45, 2.75) is 18.0 Å². The van der Waals surface area contributed by atoms with E-state index in [-0.39, 0.29) is 4.11 Å². The first-order chi connectivity index (χ1) is 6.11. The van der Waals surface area contributed by atoms with Crippen LogP contribution in [-0.2, 0) is 0 Å². The zero-order chi connectivity index (χ0) is 9.84. The molecule has 1 aromatic carbocycles. The van der Waals surface area contributed by atoms with Crippen molar-refractivity contribution >= 4 is 28.2 Å². The van der Waals surface area contributed by atoms with Crippen LogP contribution in [0, 0.1) is 0 Å². The number of ether oxygens (including phenoxy) is 1. The van der Waals surface area contributed by atoms with Crippen molar-refractivity contribution in [3.63, 3.8) is 0 Å². The lowest BCUT2D eigenvalue weighted by atomic mass is 10.1. The van der Waals surface area contributed by atoms with E-state index < -0.39 is 0 Å². The molecule has 1 nitrogen and oxygen atoms in total. The molecule has 0 aliphatic carbocycles. The quantitative estimate of drug-likeness (QED) is 0.606. The number of hydrogen-bond donors (Lipinski definition) is 0. The molecule has 0 spiro atoms. The number of benzene rings is 1. The summed E-state index contributed by atoms with van der Waals surface area (Å²) in [5.41, 5.74) is 2.12. The van der Waals surface area contributed by atoms with Crippen LogP contribution >= 0.6 is 22.6 Å². The number of hydrogen-bond acceptors (Lipinski definition) is 1. The van der Waals surface area contributed by atoms with Gasteiger partial charge in [0.1, 0.15) is 9.86 Å². The van der Waals surface area contributed by atoms with E-state index in [9.17, 15) is 0 Å². The molecule has 0 amide bonds. The molecule has 0 aromatic heterocycles. The molecular formula is C11H13IO. The Labute approximate surface area is 92.9 Å². The second kappa shape index (κ2) is 4.65. The van der Waals surface area contributed by atoms with Gasteiger partial charge >= 0.3 is 0 Å². The maximum Gasteiger partial charge on any atom is 0.146 e. The van der Waals surface area contributed by atoms with E-state index in [0.29, 0.717) is 0 Å². The van der Waals surface area contributed by atoms with Gasteiger partial charge in [-0.25, -0.2) is 0 Å². The molecular weight excluding hydrogens is 275 g/mol. The smallest absolute Gasteiger partial charge is 0.146 e. The number of rotatable bonds is 3. The van der Waals surface area contributed by atoms with Crippen LogP contribution in [0.25, 0.3) is 5.57 Å². The minimum atomic E-state index is 0.179. The Morgan fingerprint density at radius 1 is 1.46 bits per heavy atom. The molecule has 1 atom stereocenters. The summed E-state index contributed by atoms with van der Waals surface area (Å²) < 4.78 is 5.81. The van der Waals surface area contributed by atoms with Gasteiger partial charge in [-0.15, -0.1) is 0 Å². The molecule has 0 saturated heterocycles. The van der Waals surface area contributed by atoms with Crippen molar-refractivity contribution in [3.8, 4) is 5.75 Å². The van der Waals surface area contributed by atoms with Crippen molar-refractivity contribution in [1.29, 1.82) is 0 Å². The fraction of sp³-hybridized carbons (Fsp3) is 0.273. The van der Waals surface area contributed by atoms with Gasteiger partial charge in [-0.1, -0.05) is 24.8 Å². The summed E-state index contributed by atoms with van der Waals surface area (Å²) in [6.45, 7) is 7.91. The summed E-state index contributed by atoms with van der Waals surface area (Å²) in [5, 5.41) is 0. The highest BCUT2D eigenvalue weighted by Crippen LogP contribution is 2.26. The molecule has 0 radical (unpaired) electrons. The minimum Gasteiger partial charge on any atom is -0.480 e. The van der Waals surface area contributed by atoms with Crippen molar-refractivity contribution in [3.05, 3.63) is 36.4 Å². The number of halogens is 1. The molecule has 0 N–H and O–H groups in total. The highest BCUT2D eigenvalue weighted by Gasteiger charge is 2.04. The van der Waals surface area contributed by atoms with Gasteiger partial charge in [0.2, 0.25) is 0 Å². The predicted octanol–water partition coefficient (Wildman–Crippen LogP) is 3.88. The lowest BCUT2D eigenvalue weighted by Crippen LogP contribution is -2.03. The Morgan fingerprint density at radius 3 is 2.62 bits per heavy atom. The van der Waals surface area contributed by atoms with Gasteiger partial charge in [-0.3, -0.25) is 0 Å². The maximum atomic E-state index is 5.63. The van der Waals surface area contributed by atoms with E-state index in [4.69, 9.17) is 4.74 Å². The number of allylic oxidation sites excluding steroid dienone is 1. The van der Waals surface area contributed by atoms with Crippen LogP contribution in [-0.4, -0.2) is 4.11 Å². The van der Waals surface area contributed by atoms with E-state index in [2.05, 4.69) is 29.2 Å². The van der Waals surface area contributed by atoms with Gasteiger partial charge in [0, 0.05) is 5.56 Å². The second-order valence-electron chi connectivity index (χ2n) is 2.94. The Hall–Kier alpha value is -0.510. The highest BCUT2D eigenvalue weighted by atomic mass is 127. The van der Waals surface area contributed by atoms with Gasteiger partial charge in [0.25, 0.3) is 0 Å². The first-order valence-electron chi connectivity index (χ1n) is 4.17. The molecule has 1 aromatic rings.